The first-order valence-electron chi connectivity index (χ1n) is 6.95. The topological polar surface area (TPSA) is 82.3 Å². The fourth-order valence-electron chi connectivity index (χ4n) is 1.81. The Bertz CT molecular complexity index is 312. The molecule has 0 aromatic carbocycles. The molecular formula is C13H26N4O2. The Labute approximate surface area is 115 Å². The summed E-state index contributed by atoms with van der Waals surface area (Å²) in [5.74, 6) is 0.128. The van der Waals surface area contributed by atoms with Gasteiger partial charge in [0.15, 0.2) is 0 Å². The Morgan fingerprint density at radius 3 is 2.42 bits per heavy atom. The van der Waals surface area contributed by atoms with E-state index in [2.05, 4.69) is 28.2 Å². The molecule has 0 saturated carbocycles. The highest BCUT2D eigenvalue weighted by molar-refractivity contribution is 5.89. The van der Waals surface area contributed by atoms with Crippen LogP contribution in [0.5, 0.6) is 0 Å². The molecule has 0 radical (unpaired) electrons. The van der Waals surface area contributed by atoms with Crippen molar-refractivity contribution < 1.29 is 9.59 Å². The van der Waals surface area contributed by atoms with Crippen LogP contribution < -0.4 is 21.3 Å². The molecular weight excluding hydrogens is 244 g/mol. The number of amides is 2. The number of piperazine rings is 1. The van der Waals surface area contributed by atoms with E-state index in [-0.39, 0.29) is 17.9 Å². The van der Waals surface area contributed by atoms with Crippen LogP contribution in [0.25, 0.3) is 0 Å². The average molecular weight is 270 g/mol. The quantitative estimate of drug-likeness (QED) is 0.528. The van der Waals surface area contributed by atoms with E-state index in [9.17, 15) is 9.59 Å². The van der Waals surface area contributed by atoms with Crippen LogP contribution in [0.1, 0.15) is 27.7 Å². The van der Waals surface area contributed by atoms with Gasteiger partial charge in [0.25, 0.3) is 0 Å². The SMILES string of the molecule is CC(C)CNC(=O)C(C)NC(=O)C1CNC(C)CN1. The van der Waals surface area contributed by atoms with E-state index in [0.29, 0.717) is 25.0 Å². The van der Waals surface area contributed by atoms with E-state index in [1.165, 1.54) is 0 Å². The third kappa shape index (κ3) is 5.57. The monoisotopic (exact) mass is 270 g/mol. The number of nitrogens with one attached hydrogen (secondary N) is 4. The fourth-order valence-corrected chi connectivity index (χ4v) is 1.81. The Hall–Kier alpha value is -1.14. The standard InChI is InChI=1S/C13H26N4O2/c1-8(2)5-16-12(18)10(4)17-13(19)11-7-14-9(3)6-15-11/h8-11,14-15H,5-7H2,1-4H3,(H,16,18)(H,17,19). The van der Waals surface area contributed by atoms with Crippen LogP contribution in [0.2, 0.25) is 0 Å². The van der Waals surface area contributed by atoms with Crippen LogP contribution in [-0.4, -0.2) is 49.6 Å². The number of carbonyl (C=O) groups is 2. The van der Waals surface area contributed by atoms with E-state index in [1.807, 2.05) is 13.8 Å². The Morgan fingerprint density at radius 1 is 1.21 bits per heavy atom. The Morgan fingerprint density at radius 2 is 1.89 bits per heavy atom. The number of hydrogen-bond acceptors (Lipinski definition) is 4. The highest BCUT2D eigenvalue weighted by Crippen LogP contribution is 1.95. The summed E-state index contributed by atoms with van der Waals surface area (Å²) in [4.78, 5) is 23.7. The molecule has 6 heteroatoms. The van der Waals surface area contributed by atoms with E-state index in [1.54, 1.807) is 6.92 Å². The molecule has 2 amide bonds. The molecule has 3 unspecified atom stereocenters. The minimum absolute atomic E-state index is 0.133. The van der Waals surface area contributed by atoms with Gasteiger partial charge in [-0.15, -0.1) is 0 Å². The third-order valence-electron chi connectivity index (χ3n) is 3.09. The molecule has 1 saturated heterocycles. The number of hydrogen-bond donors (Lipinski definition) is 4. The molecule has 0 aromatic heterocycles. The molecule has 0 aromatic rings. The maximum Gasteiger partial charge on any atom is 0.242 e. The summed E-state index contributed by atoms with van der Waals surface area (Å²) in [5, 5.41) is 11.9. The first-order valence-corrected chi connectivity index (χ1v) is 6.95. The van der Waals surface area contributed by atoms with Crippen LogP contribution in [-0.2, 0) is 9.59 Å². The molecule has 1 heterocycles. The first-order chi connectivity index (χ1) is 8.90. The zero-order valence-corrected chi connectivity index (χ0v) is 12.2. The Kier molecular flexibility index (Phi) is 6.24. The second-order valence-corrected chi connectivity index (χ2v) is 5.64. The molecule has 0 bridgehead atoms. The van der Waals surface area contributed by atoms with Crippen LogP contribution in [0.3, 0.4) is 0 Å². The average Bonchev–Trinajstić information content (AvgIpc) is 2.36. The van der Waals surface area contributed by atoms with Gasteiger partial charge in [-0.2, -0.15) is 0 Å². The Balaban J connectivity index is 2.32. The number of rotatable bonds is 5. The van der Waals surface area contributed by atoms with E-state index < -0.39 is 6.04 Å². The molecule has 1 rings (SSSR count). The zero-order valence-electron chi connectivity index (χ0n) is 12.2. The lowest BCUT2D eigenvalue weighted by Gasteiger charge is -2.29. The van der Waals surface area contributed by atoms with Crippen molar-refractivity contribution in [3.8, 4) is 0 Å². The molecule has 1 fully saturated rings. The van der Waals surface area contributed by atoms with Crippen molar-refractivity contribution >= 4 is 11.8 Å². The van der Waals surface area contributed by atoms with Gasteiger partial charge in [-0.05, 0) is 19.8 Å². The molecule has 3 atom stereocenters. The van der Waals surface area contributed by atoms with Gasteiger partial charge in [0.2, 0.25) is 11.8 Å². The van der Waals surface area contributed by atoms with Gasteiger partial charge < -0.3 is 21.3 Å². The van der Waals surface area contributed by atoms with Crippen molar-refractivity contribution in [3.63, 3.8) is 0 Å². The molecule has 110 valence electrons. The largest absolute Gasteiger partial charge is 0.354 e. The summed E-state index contributed by atoms with van der Waals surface area (Å²) in [5.41, 5.74) is 0. The van der Waals surface area contributed by atoms with Gasteiger partial charge in [0.1, 0.15) is 6.04 Å². The summed E-state index contributed by atoms with van der Waals surface area (Å²) in [6.07, 6.45) is 0. The third-order valence-corrected chi connectivity index (χ3v) is 3.09. The molecule has 1 aliphatic rings. The molecule has 6 nitrogen and oxygen atoms in total. The molecule has 0 aliphatic carbocycles. The predicted octanol–water partition coefficient (Wildman–Crippen LogP) is -0.787. The highest BCUT2D eigenvalue weighted by atomic mass is 16.2. The summed E-state index contributed by atoms with van der Waals surface area (Å²) < 4.78 is 0. The molecule has 19 heavy (non-hydrogen) atoms. The van der Waals surface area contributed by atoms with Crippen LogP contribution in [0, 0.1) is 5.92 Å². The minimum Gasteiger partial charge on any atom is -0.354 e. The normalized spacial score (nSPS) is 24.9. The summed E-state index contributed by atoms with van der Waals surface area (Å²) >= 11 is 0. The van der Waals surface area contributed by atoms with Crippen LogP contribution in [0.4, 0.5) is 0 Å². The minimum atomic E-state index is -0.507. The van der Waals surface area contributed by atoms with Crippen molar-refractivity contribution in [1.29, 1.82) is 0 Å². The van der Waals surface area contributed by atoms with Gasteiger partial charge >= 0.3 is 0 Å². The van der Waals surface area contributed by atoms with E-state index in [0.717, 1.165) is 6.54 Å². The van der Waals surface area contributed by atoms with Gasteiger partial charge in [-0.25, -0.2) is 0 Å². The van der Waals surface area contributed by atoms with Crippen LogP contribution >= 0.6 is 0 Å². The van der Waals surface area contributed by atoms with Crippen molar-refractivity contribution in [2.45, 2.75) is 45.8 Å². The number of carbonyl (C=O) groups excluding carboxylic acids is 2. The lowest BCUT2D eigenvalue weighted by atomic mass is 10.1. The van der Waals surface area contributed by atoms with Crippen molar-refractivity contribution in [3.05, 3.63) is 0 Å². The summed E-state index contributed by atoms with van der Waals surface area (Å²) in [6, 6.07) is -0.403. The van der Waals surface area contributed by atoms with Crippen molar-refractivity contribution in [1.82, 2.24) is 21.3 Å². The lowest BCUT2D eigenvalue weighted by Crippen LogP contribution is -2.60. The molecule has 4 N–H and O–H groups in total. The van der Waals surface area contributed by atoms with Crippen molar-refractivity contribution in [2.24, 2.45) is 5.92 Å². The second-order valence-electron chi connectivity index (χ2n) is 5.64. The fraction of sp³-hybridized carbons (Fsp3) is 0.846. The smallest absolute Gasteiger partial charge is 0.242 e. The summed E-state index contributed by atoms with van der Waals surface area (Å²) in [6.45, 7) is 9.79. The van der Waals surface area contributed by atoms with Crippen molar-refractivity contribution in [2.75, 3.05) is 19.6 Å². The van der Waals surface area contributed by atoms with E-state index >= 15 is 0 Å². The van der Waals surface area contributed by atoms with Gasteiger partial charge in [-0.1, -0.05) is 13.8 Å². The van der Waals surface area contributed by atoms with Crippen LogP contribution in [0.15, 0.2) is 0 Å². The summed E-state index contributed by atoms with van der Waals surface area (Å²) in [7, 11) is 0. The van der Waals surface area contributed by atoms with Gasteiger partial charge in [0, 0.05) is 25.7 Å². The maximum absolute atomic E-state index is 12.0. The van der Waals surface area contributed by atoms with Gasteiger partial charge in [-0.3, -0.25) is 9.59 Å². The molecule has 1 aliphatic heterocycles. The zero-order chi connectivity index (χ0) is 14.4. The van der Waals surface area contributed by atoms with E-state index in [4.69, 9.17) is 0 Å². The lowest BCUT2D eigenvalue weighted by molar-refractivity contribution is -0.129. The van der Waals surface area contributed by atoms with Gasteiger partial charge in [0.05, 0.1) is 6.04 Å². The second kappa shape index (κ2) is 7.45. The maximum atomic E-state index is 12.0. The predicted molar refractivity (Wildman–Crippen MR) is 74.7 cm³/mol. The highest BCUT2D eigenvalue weighted by Gasteiger charge is 2.25. The first kappa shape index (κ1) is 15.9. The molecule has 0 spiro atoms.